The third-order valence-electron chi connectivity index (χ3n) is 7.21. The maximum absolute atomic E-state index is 12.6. The second-order valence-corrected chi connectivity index (χ2v) is 13.2. The Morgan fingerprint density at radius 3 is 2.07 bits per heavy atom. The number of rotatable bonds is 11. The maximum atomic E-state index is 12.6. The van der Waals surface area contributed by atoms with E-state index in [0.717, 1.165) is 28.2 Å². The largest absolute Gasteiger partial charge is 0.497 e. The zero-order chi connectivity index (χ0) is 29.7. The van der Waals surface area contributed by atoms with E-state index in [1.165, 1.54) is 4.57 Å². The molecule has 1 fully saturated rings. The van der Waals surface area contributed by atoms with E-state index in [0.29, 0.717) is 6.42 Å². The highest BCUT2D eigenvalue weighted by Crippen LogP contribution is 2.44. The predicted molar refractivity (Wildman–Crippen MR) is 168 cm³/mol. The van der Waals surface area contributed by atoms with Crippen molar-refractivity contribution in [2.24, 2.45) is 0 Å². The first-order valence-electron chi connectivity index (χ1n) is 13.2. The van der Waals surface area contributed by atoms with Crippen LogP contribution in [0.4, 0.5) is 5.82 Å². The molecular weight excluding hydrogens is 593 g/mol. The SMILES string of the molecule is COc1ccc(C(OC[C@H]2O[C@@H](n3ccc(N)nc3=O)C[C@@H]2O[P+](=S)S)(c2ccccc2)c2ccc(OC)cc2)cc1. The predicted octanol–water partition coefficient (Wildman–Crippen LogP) is 5.23. The van der Waals surface area contributed by atoms with Crippen molar-refractivity contribution in [3.05, 3.63) is 118 Å². The van der Waals surface area contributed by atoms with E-state index in [-0.39, 0.29) is 12.4 Å². The van der Waals surface area contributed by atoms with Gasteiger partial charge in [0.25, 0.3) is 0 Å². The molecule has 3 aromatic carbocycles. The van der Waals surface area contributed by atoms with Crippen molar-refractivity contribution >= 4 is 36.0 Å². The second-order valence-electron chi connectivity index (χ2n) is 9.60. The molecule has 42 heavy (non-hydrogen) atoms. The number of ether oxygens (including phenoxy) is 4. The molecule has 4 aromatic rings. The van der Waals surface area contributed by atoms with Gasteiger partial charge in [0.05, 0.1) is 20.8 Å². The van der Waals surface area contributed by atoms with Crippen molar-refractivity contribution < 1.29 is 23.5 Å². The Balaban J connectivity index is 1.57. The lowest BCUT2D eigenvalue weighted by molar-refractivity contribution is -0.0904. The lowest BCUT2D eigenvalue weighted by Crippen LogP contribution is -2.38. The number of nitrogens with zero attached hydrogens (tertiary/aromatic N) is 2. The molecule has 0 spiro atoms. The molecule has 4 atom stereocenters. The number of methoxy groups -OCH3 is 2. The fourth-order valence-electron chi connectivity index (χ4n) is 5.17. The van der Waals surface area contributed by atoms with E-state index in [9.17, 15) is 4.79 Å². The monoisotopic (exact) mass is 624 g/mol. The second kappa shape index (κ2) is 13.3. The highest BCUT2D eigenvalue weighted by molar-refractivity contribution is 8.54. The van der Waals surface area contributed by atoms with Crippen molar-refractivity contribution in [2.75, 3.05) is 26.6 Å². The molecule has 0 saturated carbocycles. The lowest BCUT2D eigenvalue weighted by Gasteiger charge is -2.37. The lowest BCUT2D eigenvalue weighted by atomic mass is 9.80. The maximum Gasteiger partial charge on any atom is 0.411 e. The van der Waals surface area contributed by atoms with Gasteiger partial charge < -0.3 is 24.7 Å². The molecule has 0 bridgehead atoms. The van der Waals surface area contributed by atoms with E-state index >= 15 is 0 Å². The van der Waals surface area contributed by atoms with Crippen LogP contribution in [0.2, 0.25) is 0 Å². The first kappa shape index (κ1) is 30.2. The zero-order valence-corrected chi connectivity index (χ0v) is 25.6. The van der Waals surface area contributed by atoms with Crippen LogP contribution < -0.4 is 20.9 Å². The Hall–Kier alpha value is -3.31. The number of hydrogen-bond donors (Lipinski definition) is 2. The van der Waals surface area contributed by atoms with Gasteiger partial charge in [0.1, 0.15) is 53.6 Å². The van der Waals surface area contributed by atoms with Crippen LogP contribution in [-0.4, -0.2) is 42.6 Å². The minimum absolute atomic E-state index is 0.109. The van der Waals surface area contributed by atoms with Gasteiger partial charge in [-0.2, -0.15) is 9.51 Å². The summed E-state index contributed by atoms with van der Waals surface area (Å²) in [4.78, 5) is 16.4. The summed E-state index contributed by atoms with van der Waals surface area (Å²) in [7, 11) is 3.26. The summed E-state index contributed by atoms with van der Waals surface area (Å²) in [6.45, 7) is 0.109. The minimum Gasteiger partial charge on any atom is -0.497 e. The normalized spacial score (nSPS) is 18.9. The fourth-order valence-corrected chi connectivity index (χ4v) is 6.32. The Labute approximate surface area is 255 Å². The molecule has 0 amide bonds. The smallest absolute Gasteiger partial charge is 0.411 e. The molecule has 1 aliphatic heterocycles. The topological polar surface area (TPSA) is 107 Å². The Kier molecular flexibility index (Phi) is 9.57. The Bertz CT molecular complexity index is 1520. The quantitative estimate of drug-likeness (QED) is 0.132. The van der Waals surface area contributed by atoms with Crippen molar-refractivity contribution in [3.63, 3.8) is 0 Å². The Morgan fingerprint density at radius 2 is 1.55 bits per heavy atom. The number of nitrogen functional groups attached to an aromatic ring is 1. The average molecular weight is 625 g/mol. The molecule has 9 nitrogen and oxygen atoms in total. The molecule has 0 radical (unpaired) electrons. The summed E-state index contributed by atoms with van der Waals surface area (Å²) in [5, 5.41) is 0. The van der Waals surface area contributed by atoms with Gasteiger partial charge in [-0.15, -0.1) is 0 Å². The number of anilines is 1. The van der Waals surface area contributed by atoms with Gasteiger partial charge in [-0.05, 0) is 47.0 Å². The van der Waals surface area contributed by atoms with Crippen LogP contribution in [0.25, 0.3) is 0 Å². The molecule has 218 valence electrons. The van der Waals surface area contributed by atoms with Gasteiger partial charge in [-0.1, -0.05) is 54.6 Å². The molecule has 1 aromatic heterocycles. The van der Waals surface area contributed by atoms with Crippen LogP contribution in [-0.2, 0) is 31.4 Å². The third-order valence-corrected chi connectivity index (χ3v) is 8.20. The van der Waals surface area contributed by atoms with E-state index in [4.69, 9.17) is 41.0 Å². The van der Waals surface area contributed by atoms with Gasteiger partial charge in [-0.25, -0.2) is 4.79 Å². The van der Waals surface area contributed by atoms with Crippen LogP contribution in [0.15, 0.2) is 95.9 Å². The van der Waals surface area contributed by atoms with E-state index in [1.807, 2.05) is 78.9 Å². The van der Waals surface area contributed by atoms with Gasteiger partial charge in [0.2, 0.25) is 11.8 Å². The number of aromatic nitrogens is 2. The highest BCUT2D eigenvalue weighted by atomic mass is 32.9. The Morgan fingerprint density at radius 1 is 0.976 bits per heavy atom. The third kappa shape index (κ3) is 6.36. The molecule has 5 rings (SSSR count). The summed E-state index contributed by atoms with van der Waals surface area (Å²) in [6, 6.07) is 27.1. The molecule has 2 N–H and O–H groups in total. The van der Waals surface area contributed by atoms with E-state index in [2.05, 4.69) is 17.2 Å². The van der Waals surface area contributed by atoms with Crippen LogP contribution in [0.3, 0.4) is 0 Å². The fraction of sp³-hybridized carbons (Fsp3) is 0.267. The van der Waals surface area contributed by atoms with Crippen molar-refractivity contribution in [1.29, 1.82) is 0 Å². The van der Waals surface area contributed by atoms with Crippen molar-refractivity contribution in [1.82, 2.24) is 9.55 Å². The zero-order valence-electron chi connectivity index (χ0n) is 23.0. The summed E-state index contributed by atoms with van der Waals surface area (Å²) in [5.41, 5.74) is 6.80. The molecule has 1 saturated heterocycles. The van der Waals surface area contributed by atoms with Crippen LogP contribution in [0, 0.1) is 0 Å². The number of benzene rings is 3. The van der Waals surface area contributed by atoms with Gasteiger partial charge >= 0.3 is 11.8 Å². The summed E-state index contributed by atoms with van der Waals surface area (Å²) in [5.74, 6) is 1.58. The van der Waals surface area contributed by atoms with Gasteiger partial charge in [0, 0.05) is 12.6 Å². The van der Waals surface area contributed by atoms with Crippen molar-refractivity contribution in [2.45, 2.75) is 30.5 Å². The first-order valence-corrected chi connectivity index (χ1v) is 16.6. The molecule has 12 heteroatoms. The molecule has 2 heterocycles. The van der Waals surface area contributed by atoms with Crippen LogP contribution in [0.1, 0.15) is 29.3 Å². The minimum atomic E-state index is -1.43. The average Bonchev–Trinajstić information content (AvgIpc) is 3.40. The summed E-state index contributed by atoms with van der Waals surface area (Å²) in [6.07, 6.45) is -1.19. The number of thiol groups is 1. The summed E-state index contributed by atoms with van der Waals surface area (Å²) < 4.78 is 31.7. The van der Waals surface area contributed by atoms with Gasteiger partial charge in [-0.3, -0.25) is 4.57 Å². The highest BCUT2D eigenvalue weighted by Gasteiger charge is 2.45. The molecule has 1 unspecified atom stereocenters. The standard InChI is InChI=1S/C30H30N3O6PS2/c1-35-23-12-8-21(9-13-23)30(20-6-4-3-5-7-20,22-10-14-24(36-2)15-11-22)37-19-26-25(39-40(41)42)18-28(38-26)33-17-16-27(31)32-29(33)34/h3-17,25-26,28H,18-19H2,1-2H3,(H2-,31,32,34,41,42)/p+1/t25-,26+,28+/m0/s1. The van der Waals surface area contributed by atoms with Crippen LogP contribution >= 0.6 is 18.4 Å². The number of hydrogen-bond acceptors (Lipinski definition) is 9. The summed E-state index contributed by atoms with van der Waals surface area (Å²) >= 11 is 9.63. The van der Waals surface area contributed by atoms with E-state index in [1.54, 1.807) is 26.5 Å². The van der Waals surface area contributed by atoms with Gasteiger partial charge in [0.15, 0.2) is 0 Å². The van der Waals surface area contributed by atoms with Crippen LogP contribution in [0.5, 0.6) is 11.5 Å². The number of nitrogens with two attached hydrogens (primary N) is 1. The molecule has 0 aliphatic carbocycles. The molecule has 1 aliphatic rings. The first-order chi connectivity index (χ1) is 20.3. The van der Waals surface area contributed by atoms with E-state index < -0.39 is 35.9 Å². The molecular formula is C30H31N3O6PS2+. The van der Waals surface area contributed by atoms with Crippen molar-refractivity contribution in [3.8, 4) is 11.5 Å².